The second kappa shape index (κ2) is 9.96. The van der Waals surface area contributed by atoms with Crippen molar-refractivity contribution in [1.82, 2.24) is 0 Å². The number of aryl methyl sites for hydroxylation is 1. The van der Waals surface area contributed by atoms with Gasteiger partial charge in [-0.2, -0.15) is 0 Å². The third-order valence-corrected chi connectivity index (χ3v) is 3.57. The number of esters is 2. The van der Waals surface area contributed by atoms with Gasteiger partial charge >= 0.3 is 11.9 Å². The lowest BCUT2D eigenvalue weighted by molar-refractivity contribution is -0.147. The zero-order chi connectivity index (χ0) is 19.6. The number of hydrogen-bond donors (Lipinski definition) is 1. The molecule has 0 radical (unpaired) electrons. The average molecular weight is 371 g/mol. The molecule has 0 atom stereocenters. The molecule has 1 amide bonds. The normalized spacial score (nSPS) is 10.0. The van der Waals surface area contributed by atoms with Crippen LogP contribution in [0.3, 0.4) is 0 Å². The molecule has 142 valence electrons. The number of hydrogen-bond acceptors (Lipinski definition) is 6. The lowest BCUT2D eigenvalue weighted by atomic mass is 10.2. The number of amides is 1. The van der Waals surface area contributed by atoms with Gasteiger partial charge in [0.05, 0.1) is 31.4 Å². The van der Waals surface area contributed by atoms with Crippen LogP contribution in [0.2, 0.25) is 0 Å². The van der Waals surface area contributed by atoms with Crippen LogP contribution in [0.15, 0.2) is 48.5 Å². The van der Waals surface area contributed by atoms with E-state index >= 15 is 0 Å². The van der Waals surface area contributed by atoms with Crippen LogP contribution in [0, 0.1) is 6.92 Å². The van der Waals surface area contributed by atoms with Gasteiger partial charge in [0, 0.05) is 0 Å². The molecule has 7 heteroatoms. The molecular weight excluding hydrogens is 350 g/mol. The van der Waals surface area contributed by atoms with E-state index in [1.807, 2.05) is 31.2 Å². The zero-order valence-electron chi connectivity index (χ0n) is 15.2. The molecule has 0 saturated heterocycles. The van der Waals surface area contributed by atoms with Gasteiger partial charge in [-0.05, 0) is 31.2 Å². The average Bonchev–Trinajstić information content (AvgIpc) is 2.68. The Morgan fingerprint density at radius 3 is 2.41 bits per heavy atom. The first-order valence-corrected chi connectivity index (χ1v) is 8.32. The molecule has 0 unspecified atom stereocenters. The number of ether oxygens (including phenoxy) is 3. The standard InChI is InChI=1S/C20H21NO6/c1-14-7-9-15(10-8-14)26-12-11-19(23)27-13-18(22)21-17-6-4-3-5-16(17)20(24)25-2/h3-10H,11-13H2,1-2H3,(H,21,22). The van der Waals surface area contributed by atoms with Gasteiger partial charge in [-0.25, -0.2) is 4.79 Å². The van der Waals surface area contributed by atoms with Crippen molar-refractivity contribution >= 4 is 23.5 Å². The lowest BCUT2D eigenvalue weighted by Gasteiger charge is -2.10. The van der Waals surface area contributed by atoms with E-state index in [9.17, 15) is 14.4 Å². The molecule has 2 rings (SSSR count). The second-order valence-electron chi connectivity index (χ2n) is 5.66. The summed E-state index contributed by atoms with van der Waals surface area (Å²) in [5, 5.41) is 2.52. The predicted molar refractivity (Wildman–Crippen MR) is 98.7 cm³/mol. The Morgan fingerprint density at radius 1 is 1.00 bits per heavy atom. The molecule has 0 aliphatic carbocycles. The van der Waals surface area contributed by atoms with E-state index < -0.39 is 24.5 Å². The van der Waals surface area contributed by atoms with Crippen molar-refractivity contribution in [3.05, 3.63) is 59.7 Å². The molecular formula is C20H21NO6. The fourth-order valence-corrected chi connectivity index (χ4v) is 2.17. The van der Waals surface area contributed by atoms with Gasteiger partial charge in [0.1, 0.15) is 5.75 Å². The predicted octanol–water partition coefficient (Wildman–Crippen LogP) is 2.73. The van der Waals surface area contributed by atoms with Gasteiger partial charge in [-0.15, -0.1) is 0 Å². The van der Waals surface area contributed by atoms with E-state index in [0.29, 0.717) is 5.75 Å². The summed E-state index contributed by atoms with van der Waals surface area (Å²) in [7, 11) is 1.25. The molecule has 27 heavy (non-hydrogen) atoms. The monoisotopic (exact) mass is 371 g/mol. The van der Waals surface area contributed by atoms with Crippen LogP contribution < -0.4 is 10.1 Å². The quantitative estimate of drug-likeness (QED) is 0.718. The minimum atomic E-state index is -0.573. The molecule has 0 fully saturated rings. The van der Waals surface area contributed by atoms with Crippen LogP contribution in [-0.4, -0.2) is 38.2 Å². The summed E-state index contributed by atoms with van der Waals surface area (Å²) in [4.78, 5) is 35.3. The highest BCUT2D eigenvalue weighted by Crippen LogP contribution is 2.16. The van der Waals surface area contributed by atoms with Gasteiger partial charge in [0.25, 0.3) is 5.91 Å². The van der Waals surface area contributed by atoms with Crippen molar-refractivity contribution in [3.8, 4) is 5.75 Å². The van der Waals surface area contributed by atoms with Crippen molar-refractivity contribution in [3.63, 3.8) is 0 Å². The van der Waals surface area contributed by atoms with Crippen molar-refractivity contribution in [1.29, 1.82) is 0 Å². The van der Waals surface area contributed by atoms with Crippen LogP contribution >= 0.6 is 0 Å². The Balaban J connectivity index is 1.74. The second-order valence-corrected chi connectivity index (χ2v) is 5.66. The number of carbonyl (C=O) groups excluding carboxylic acids is 3. The molecule has 0 aliphatic heterocycles. The fraction of sp³-hybridized carbons (Fsp3) is 0.250. The highest BCUT2D eigenvalue weighted by Gasteiger charge is 2.14. The number of methoxy groups -OCH3 is 1. The maximum Gasteiger partial charge on any atom is 0.339 e. The molecule has 0 saturated carbocycles. The molecule has 0 heterocycles. The Morgan fingerprint density at radius 2 is 1.70 bits per heavy atom. The number of benzene rings is 2. The minimum Gasteiger partial charge on any atom is -0.493 e. The summed E-state index contributed by atoms with van der Waals surface area (Å²) in [6.45, 7) is 1.66. The first-order chi connectivity index (χ1) is 13.0. The summed E-state index contributed by atoms with van der Waals surface area (Å²) < 4.78 is 15.0. The molecule has 7 nitrogen and oxygen atoms in total. The van der Waals surface area contributed by atoms with E-state index in [1.54, 1.807) is 18.2 Å². The Hall–Kier alpha value is -3.35. The van der Waals surface area contributed by atoms with E-state index in [2.05, 4.69) is 10.1 Å². The molecule has 2 aromatic carbocycles. The van der Waals surface area contributed by atoms with Crippen LogP contribution in [0.4, 0.5) is 5.69 Å². The smallest absolute Gasteiger partial charge is 0.339 e. The van der Waals surface area contributed by atoms with E-state index in [4.69, 9.17) is 9.47 Å². The summed E-state index contributed by atoms with van der Waals surface area (Å²) >= 11 is 0. The van der Waals surface area contributed by atoms with E-state index in [0.717, 1.165) is 5.56 Å². The Kier molecular flexibility index (Phi) is 7.37. The van der Waals surface area contributed by atoms with Gasteiger partial charge < -0.3 is 19.5 Å². The minimum absolute atomic E-state index is 0.0138. The molecule has 2 aromatic rings. The molecule has 0 aromatic heterocycles. The summed E-state index contributed by atoms with van der Waals surface area (Å²) in [5.74, 6) is -1.03. The largest absolute Gasteiger partial charge is 0.493 e. The maximum absolute atomic E-state index is 11.9. The number of para-hydroxylation sites is 1. The highest BCUT2D eigenvalue weighted by molar-refractivity contribution is 6.01. The maximum atomic E-state index is 11.9. The molecule has 1 N–H and O–H groups in total. The number of rotatable bonds is 8. The topological polar surface area (TPSA) is 90.9 Å². The van der Waals surface area contributed by atoms with Crippen LogP contribution in [-0.2, 0) is 19.1 Å². The first-order valence-electron chi connectivity index (χ1n) is 8.32. The van der Waals surface area contributed by atoms with Crippen LogP contribution in [0.25, 0.3) is 0 Å². The number of anilines is 1. The SMILES string of the molecule is COC(=O)c1ccccc1NC(=O)COC(=O)CCOc1ccc(C)cc1. The number of carbonyl (C=O) groups is 3. The summed E-state index contributed by atoms with van der Waals surface area (Å²) in [6, 6.07) is 13.8. The third-order valence-electron chi connectivity index (χ3n) is 3.57. The van der Waals surface area contributed by atoms with E-state index in [1.165, 1.54) is 13.2 Å². The van der Waals surface area contributed by atoms with Crippen LogP contribution in [0.5, 0.6) is 5.75 Å². The van der Waals surface area contributed by atoms with Crippen molar-refractivity contribution in [2.75, 3.05) is 25.6 Å². The van der Waals surface area contributed by atoms with E-state index in [-0.39, 0.29) is 24.3 Å². The third kappa shape index (κ3) is 6.47. The van der Waals surface area contributed by atoms with Crippen molar-refractivity contribution < 1.29 is 28.6 Å². The lowest BCUT2D eigenvalue weighted by Crippen LogP contribution is -2.22. The van der Waals surface area contributed by atoms with Gasteiger partial charge in [-0.3, -0.25) is 9.59 Å². The highest BCUT2D eigenvalue weighted by atomic mass is 16.5. The molecule has 0 spiro atoms. The molecule has 0 bridgehead atoms. The molecule has 0 aliphatic rings. The Labute approximate surface area is 157 Å². The fourth-order valence-electron chi connectivity index (χ4n) is 2.17. The van der Waals surface area contributed by atoms with Crippen molar-refractivity contribution in [2.24, 2.45) is 0 Å². The van der Waals surface area contributed by atoms with Crippen molar-refractivity contribution in [2.45, 2.75) is 13.3 Å². The Bertz CT molecular complexity index is 800. The van der Waals surface area contributed by atoms with Gasteiger partial charge in [0.15, 0.2) is 6.61 Å². The van der Waals surface area contributed by atoms with Gasteiger partial charge in [-0.1, -0.05) is 29.8 Å². The van der Waals surface area contributed by atoms with Gasteiger partial charge in [0.2, 0.25) is 0 Å². The van der Waals surface area contributed by atoms with Crippen LogP contribution in [0.1, 0.15) is 22.3 Å². The number of nitrogens with one attached hydrogen (secondary N) is 1. The summed E-state index contributed by atoms with van der Waals surface area (Å²) in [6.07, 6.45) is 0.0138. The summed E-state index contributed by atoms with van der Waals surface area (Å²) in [5.41, 5.74) is 1.61. The first kappa shape index (κ1) is 20.0. The zero-order valence-corrected chi connectivity index (χ0v) is 15.2.